The zero-order valence-electron chi connectivity index (χ0n) is 16.0. The Morgan fingerprint density at radius 1 is 1.04 bits per heavy atom. The Morgan fingerprint density at radius 3 is 2.50 bits per heavy atom. The second-order valence-corrected chi connectivity index (χ2v) is 8.22. The van der Waals surface area contributed by atoms with E-state index in [1.807, 2.05) is 24.3 Å². The summed E-state index contributed by atoms with van der Waals surface area (Å²) in [6.07, 6.45) is 0. The van der Waals surface area contributed by atoms with Gasteiger partial charge in [0.15, 0.2) is 5.13 Å². The molecule has 2 heterocycles. The molecule has 1 aliphatic heterocycles. The minimum Gasteiger partial charge on any atom is -0.334 e. The molecular formula is C21H25N5OS. The maximum atomic E-state index is 12.2. The van der Waals surface area contributed by atoms with Crippen molar-refractivity contribution < 1.29 is 4.79 Å². The van der Waals surface area contributed by atoms with Crippen molar-refractivity contribution in [3.8, 4) is 0 Å². The highest BCUT2D eigenvalue weighted by Crippen LogP contribution is 2.25. The summed E-state index contributed by atoms with van der Waals surface area (Å²) in [5, 5.41) is 6.33. The third-order valence-corrected chi connectivity index (χ3v) is 5.94. The Kier molecular flexibility index (Phi) is 5.85. The summed E-state index contributed by atoms with van der Waals surface area (Å²) >= 11 is 1.48. The molecular weight excluding hydrogens is 370 g/mol. The van der Waals surface area contributed by atoms with Crippen LogP contribution in [0.3, 0.4) is 0 Å². The van der Waals surface area contributed by atoms with Crippen molar-refractivity contribution in [1.82, 2.24) is 20.1 Å². The number of carbonyl (C=O) groups excluding carboxylic acids is 1. The van der Waals surface area contributed by atoms with Gasteiger partial charge in [-0.3, -0.25) is 10.2 Å². The van der Waals surface area contributed by atoms with Crippen LogP contribution in [0.5, 0.6) is 0 Å². The van der Waals surface area contributed by atoms with Gasteiger partial charge >= 0.3 is 6.03 Å². The molecule has 2 aromatic carbocycles. The van der Waals surface area contributed by atoms with Crippen molar-refractivity contribution in [2.75, 3.05) is 38.5 Å². The number of nitrogens with zero attached hydrogens (tertiary/aromatic N) is 3. The Labute approximate surface area is 169 Å². The van der Waals surface area contributed by atoms with E-state index >= 15 is 0 Å². The van der Waals surface area contributed by atoms with Crippen molar-refractivity contribution in [1.29, 1.82) is 0 Å². The zero-order valence-corrected chi connectivity index (χ0v) is 16.8. The van der Waals surface area contributed by atoms with Gasteiger partial charge in [-0.1, -0.05) is 47.7 Å². The fourth-order valence-electron chi connectivity index (χ4n) is 3.28. The first kappa shape index (κ1) is 18.9. The summed E-state index contributed by atoms with van der Waals surface area (Å²) in [7, 11) is 2.17. The number of hydrogen-bond acceptors (Lipinski definition) is 5. The van der Waals surface area contributed by atoms with Crippen LogP contribution in [0.1, 0.15) is 11.1 Å². The number of fused-ring (bicyclic) bond motifs is 1. The van der Waals surface area contributed by atoms with E-state index in [2.05, 4.69) is 56.7 Å². The highest BCUT2D eigenvalue weighted by atomic mass is 32.1. The molecule has 4 rings (SSSR count). The number of nitrogens with one attached hydrogen (secondary N) is 2. The Balaban J connectivity index is 1.25. The molecule has 0 bridgehead atoms. The fraction of sp³-hybridized carbons (Fsp3) is 0.333. The molecule has 7 heteroatoms. The summed E-state index contributed by atoms with van der Waals surface area (Å²) in [4.78, 5) is 21.4. The van der Waals surface area contributed by atoms with Crippen LogP contribution in [-0.2, 0) is 13.1 Å². The van der Waals surface area contributed by atoms with Gasteiger partial charge in [0.2, 0.25) is 0 Å². The maximum absolute atomic E-state index is 12.2. The van der Waals surface area contributed by atoms with E-state index < -0.39 is 0 Å². The van der Waals surface area contributed by atoms with Crippen molar-refractivity contribution in [3.05, 3.63) is 59.7 Å². The van der Waals surface area contributed by atoms with Crippen LogP contribution >= 0.6 is 11.3 Å². The molecule has 1 aliphatic rings. The minimum atomic E-state index is -0.236. The molecule has 0 atom stereocenters. The molecule has 0 saturated carbocycles. The molecule has 1 aromatic heterocycles. The minimum absolute atomic E-state index is 0.236. The SMILES string of the molecule is CN1CCN(Cc2ccc(CNC(=O)Nc3nc4ccccc4s3)cc2)CC1. The van der Waals surface area contributed by atoms with E-state index in [0.29, 0.717) is 11.7 Å². The third-order valence-electron chi connectivity index (χ3n) is 4.99. The molecule has 1 fully saturated rings. The second-order valence-electron chi connectivity index (χ2n) is 7.19. The number of hydrogen-bond donors (Lipinski definition) is 2. The van der Waals surface area contributed by atoms with E-state index in [9.17, 15) is 4.79 Å². The molecule has 0 aliphatic carbocycles. The summed E-state index contributed by atoms with van der Waals surface area (Å²) in [5.74, 6) is 0. The molecule has 0 spiro atoms. The van der Waals surface area contributed by atoms with E-state index in [0.717, 1.165) is 48.5 Å². The fourth-order valence-corrected chi connectivity index (χ4v) is 4.14. The number of benzene rings is 2. The molecule has 1 saturated heterocycles. The number of para-hydroxylation sites is 1. The largest absolute Gasteiger partial charge is 0.334 e. The molecule has 0 radical (unpaired) electrons. The lowest BCUT2D eigenvalue weighted by atomic mass is 10.1. The van der Waals surface area contributed by atoms with Crippen LogP contribution in [0, 0.1) is 0 Å². The van der Waals surface area contributed by atoms with Crippen molar-refractivity contribution in [2.45, 2.75) is 13.1 Å². The van der Waals surface area contributed by atoms with Gasteiger partial charge in [0.05, 0.1) is 10.2 Å². The first-order valence-electron chi connectivity index (χ1n) is 9.55. The van der Waals surface area contributed by atoms with Gasteiger partial charge in [-0.2, -0.15) is 0 Å². The van der Waals surface area contributed by atoms with Gasteiger partial charge in [-0.15, -0.1) is 0 Å². The van der Waals surface area contributed by atoms with E-state index in [4.69, 9.17) is 0 Å². The lowest BCUT2D eigenvalue weighted by molar-refractivity contribution is 0.148. The highest BCUT2D eigenvalue weighted by molar-refractivity contribution is 7.22. The Bertz CT molecular complexity index is 898. The van der Waals surface area contributed by atoms with Crippen LogP contribution < -0.4 is 10.6 Å². The topological polar surface area (TPSA) is 60.5 Å². The first-order chi connectivity index (χ1) is 13.7. The number of carbonyl (C=O) groups is 1. The number of likely N-dealkylation sites (N-methyl/N-ethyl adjacent to an activating group) is 1. The Morgan fingerprint density at radius 2 is 1.75 bits per heavy atom. The number of anilines is 1. The number of piperazine rings is 1. The van der Waals surface area contributed by atoms with Gasteiger partial charge in [0.1, 0.15) is 0 Å². The number of urea groups is 1. The molecule has 0 unspecified atom stereocenters. The van der Waals surface area contributed by atoms with Gasteiger partial charge in [0, 0.05) is 39.3 Å². The van der Waals surface area contributed by atoms with Crippen LogP contribution in [0.25, 0.3) is 10.2 Å². The highest BCUT2D eigenvalue weighted by Gasteiger charge is 2.13. The molecule has 2 amide bonds. The maximum Gasteiger partial charge on any atom is 0.321 e. The summed E-state index contributed by atoms with van der Waals surface area (Å²) in [6.45, 7) is 5.97. The van der Waals surface area contributed by atoms with Gasteiger partial charge in [0.25, 0.3) is 0 Å². The van der Waals surface area contributed by atoms with Crippen LogP contribution in [0.2, 0.25) is 0 Å². The summed E-state index contributed by atoms with van der Waals surface area (Å²) in [5.41, 5.74) is 3.30. The molecule has 146 valence electrons. The molecule has 6 nitrogen and oxygen atoms in total. The third kappa shape index (κ3) is 4.86. The van der Waals surface area contributed by atoms with Crippen LogP contribution in [0.15, 0.2) is 48.5 Å². The number of aromatic nitrogens is 1. The number of thiazole rings is 1. The van der Waals surface area contributed by atoms with Crippen molar-refractivity contribution in [3.63, 3.8) is 0 Å². The molecule has 28 heavy (non-hydrogen) atoms. The van der Waals surface area contributed by atoms with E-state index in [1.54, 1.807) is 0 Å². The average molecular weight is 396 g/mol. The van der Waals surface area contributed by atoms with Gasteiger partial charge in [-0.05, 0) is 30.3 Å². The zero-order chi connectivity index (χ0) is 19.3. The van der Waals surface area contributed by atoms with E-state index in [1.165, 1.54) is 16.9 Å². The summed E-state index contributed by atoms with van der Waals surface area (Å²) in [6, 6.07) is 16.1. The van der Waals surface area contributed by atoms with Crippen LogP contribution in [-0.4, -0.2) is 54.0 Å². The van der Waals surface area contributed by atoms with E-state index in [-0.39, 0.29) is 6.03 Å². The second kappa shape index (κ2) is 8.68. The lowest BCUT2D eigenvalue weighted by Gasteiger charge is -2.32. The monoisotopic (exact) mass is 395 g/mol. The molecule has 3 aromatic rings. The smallest absolute Gasteiger partial charge is 0.321 e. The van der Waals surface area contributed by atoms with Gasteiger partial charge < -0.3 is 10.2 Å². The first-order valence-corrected chi connectivity index (χ1v) is 10.4. The van der Waals surface area contributed by atoms with Gasteiger partial charge in [-0.25, -0.2) is 9.78 Å². The van der Waals surface area contributed by atoms with Crippen molar-refractivity contribution >= 4 is 32.7 Å². The lowest BCUT2D eigenvalue weighted by Crippen LogP contribution is -2.43. The number of amides is 2. The predicted molar refractivity (Wildman–Crippen MR) is 115 cm³/mol. The number of rotatable bonds is 5. The molecule has 2 N–H and O–H groups in total. The summed E-state index contributed by atoms with van der Waals surface area (Å²) < 4.78 is 1.06. The average Bonchev–Trinajstić information content (AvgIpc) is 3.11. The standard InChI is InChI=1S/C21H25N5OS/c1-25-10-12-26(13-11-25)15-17-8-6-16(7-9-17)14-22-20(27)24-21-23-18-4-2-3-5-19(18)28-21/h2-9H,10-15H2,1H3,(H2,22,23,24,27). The van der Waals surface area contributed by atoms with Crippen LogP contribution in [0.4, 0.5) is 9.93 Å². The predicted octanol–water partition coefficient (Wildman–Crippen LogP) is 3.37. The Hall–Kier alpha value is -2.48. The quantitative estimate of drug-likeness (QED) is 0.695. The van der Waals surface area contributed by atoms with Crippen molar-refractivity contribution in [2.24, 2.45) is 0 Å². The normalized spacial score (nSPS) is 15.6.